The van der Waals surface area contributed by atoms with Gasteiger partial charge in [0.25, 0.3) is 0 Å². The van der Waals surface area contributed by atoms with Gasteiger partial charge in [-0.15, -0.1) is 0 Å². The van der Waals surface area contributed by atoms with Crippen LogP contribution in [0.5, 0.6) is 0 Å². The summed E-state index contributed by atoms with van der Waals surface area (Å²) in [4.78, 5) is 4.21. The number of hydrogen-bond donors (Lipinski definition) is 1. The third-order valence-corrected chi connectivity index (χ3v) is 4.47. The van der Waals surface area contributed by atoms with Crippen LogP contribution in [0.1, 0.15) is 12.8 Å². The maximum atomic E-state index is 7.78. The van der Waals surface area contributed by atoms with Crippen LogP contribution in [0, 0.1) is 0 Å². The summed E-state index contributed by atoms with van der Waals surface area (Å²) in [5.74, 6) is 0. The van der Waals surface area contributed by atoms with Crippen molar-refractivity contribution in [2.45, 2.75) is 45.5 Å². The first kappa shape index (κ1) is 10.5. The van der Waals surface area contributed by atoms with Gasteiger partial charge in [0.05, 0.1) is 17.7 Å². The van der Waals surface area contributed by atoms with Gasteiger partial charge in [-0.2, -0.15) is 0 Å². The first-order valence-electron chi connectivity index (χ1n) is 6.31. The van der Waals surface area contributed by atoms with Crippen molar-refractivity contribution in [3.8, 4) is 0 Å². The molecule has 1 N–H and O–H groups in total. The van der Waals surface area contributed by atoms with Crippen molar-refractivity contribution in [3.05, 3.63) is 17.7 Å². The fourth-order valence-corrected chi connectivity index (χ4v) is 2.44. The molecule has 0 spiro atoms. The smallest absolute Gasteiger partial charge is 0.124 e. The molecule has 0 saturated heterocycles. The van der Waals surface area contributed by atoms with Gasteiger partial charge in [-0.05, 0) is 6.04 Å². The summed E-state index contributed by atoms with van der Waals surface area (Å²) in [6.45, 7) is 9.85. The molecule has 16 heavy (non-hydrogen) atoms. The predicted molar refractivity (Wildman–Crippen MR) is 66.9 cm³/mol. The molecular formula is C11H21N3OSi. The molecule has 2 rings (SSSR count). The quantitative estimate of drug-likeness (QED) is 0.630. The minimum atomic E-state index is -1.02. The van der Waals surface area contributed by atoms with Gasteiger partial charge in [-0.25, -0.2) is 4.98 Å². The summed E-state index contributed by atoms with van der Waals surface area (Å²) in [5.41, 5.74) is 2.12. The van der Waals surface area contributed by atoms with E-state index in [0.29, 0.717) is 13.0 Å². The van der Waals surface area contributed by atoms with E-state index in [2.05, 4.69) is 29.9 Å². The summed E-state index contributed by atoms with van der Waals surface area (Å²) in [6.07, 6.45) is 0.324. The Hall–Kier alpha value is -0.653. The van der Waals surface area contributed by atoms with Gasteiger partial charge in [0.1, 0.15) is 8.10 Å². The van der Waals surface area contributed by atoms with E-state index in [-0.39, 0.29) is 0 Å². The van der Waals surface area contributed by atoms with Crippen LogP contribution < -0.4 is 5.32 Å². The molecule has 0 amide bonds. The van der Waals surface area contributed by atoms with E-state index in [1.807, 2.05) is 4.57 Å². The predicted octanol–water partition coefficient (Wildman–Crippen LogP) is 1.80. The lowest BCUT2D eigenvalue weighted by Crippen LogP contribution is -2.22. The Kier molecular flexibility index (Phi) is 3.08. The first-order valence-corrected chi connectivity index (χ1v) is 9.51. The van der Waals surface area contributed by atoms with Crippen LogP contribution in [0.3, 0.4) is 0 Å². The molecular weight excluding hydrogens is 218 g/mol. The molecule has 5 heteroatoms. The van der Waals surface area contributed by atoms with Crippen LogP contribution in [0.25, 0.3) is 0 Å². The Bertz CT molecular complexity index is 400. The number of nitrogens with one attached hydrogen (secondary N) is 1. The number of rotatable bonds is 5. The van der Waals surface area contributed by atoms with Crippen molar-refractivity contribution in [1.82, 2.24) is 14.9 Å². The average Bonchev–Trinajstić information content (AvgIpc) is 2.73. The van der Waals surface area contributed by atoms with Gasteiger partial charge in [-0.1, -0.05) is 19.6 Å². The topological polar surface area (TPSA) is 39.1 Å². The fraction of sp³-hybridized carbons (Fsp3) is 0.727. The first-order chi connectivity index (χ1) is 7.97. The maximum Gasteiger partial charge on any atom is 0.124 e. The summed E-state index contributed by atoms with van der Waals surface area (Å²) in [7, 11) is -1.02. The molecule has 1 aliphatic rings. The van der Waals surface area contributed by atoms with Crippen molar-refractivity contribution in [1.29, 1.82) is 0 Å². The number of nitrogens with zero attached hydrogens (tertiary/aromatic N) is 2. The summed E-state index contributed by atoms with van der Waals surface area (Å²) in [6, 6.07) is 1.16. The molecule has 90 valence electrons. The Balaban J connectivity index is 1.87. The van der Waals surface area contributed by atoms with Crippen molar-refractivity contribution >= 4 is 8.07 Å². The monoisotopic (exact) mass is 240 g/mol. The van der Waals surface area contributed by atoms with E-state index < -0.39 is 8.07 Å². The molecule has 0 bridgehead atoms. The second-order valence-electron chi connectivity index (χ2n) is 5.48. The number of imidazole rings is 1. The van der Waals surface area contributed by atoms with Gasteiger partial charge in [0, 0.05) is 27.8 Å². The van der Waals surface area contributed by atoms with Crippen LogP contribution in [0.15, 0.2) is 6.30 Å². The maximum absolute atomic E-state index is 7.78. The van der Waals surface area contributed by atoms with E-state index in [1.165, 1.54) is 0 Å². The normalized spacial score (nSPS) is 16.3. The van der Waals surface area contributed by atoms with Crippen molar-refractivity contribution in [2.75, 3.05) is 6.61 Å². The zero-order valence-electron chi connectivity index (χ0n) is 11.3. The zero-order chi connectivity index (χ0) is 12.5. The number of hydrogen-bond acceptors (Lipinski definition) is 3. The second kappa shape index (κ2) is 4.69. The summed E-state index contributed by atoms with van der Waals surface area (Å²) >= 11 is 0. The highest BCUT2D eigenvalue weighted by Gasteiger charge is 2.16. The molecule has 2 heterocycles. The summed E-state index contributed by atoms with van der Waals surface area (Å²) < 4.78 is 15.3. The van der Waals surface area contributed by atoms with Crippen LogP contribution in [-0.2, 0) is 24.6 Å². The highest BCUT2D eigenvalue weighted by atomic mass is 28.3. The zero-order valence-corrected chi connectivity index (χ0v) is 11.3. The number of aromatic nitrogens is 2. The molecule has 0 radical (unpaired) electrons. The third kappa shape index (κ3) is 2.93. The van der Waals surface area contributed by atoms with Crippen LogP contribution in [-0.4, -0.2) is 24.2 Å². The van der Waals surface area contributed by atoms with Crippen molar-refractivity contribution in [2.24, 2.45) is 0 Å². The Morgan fingerprint density at radius 2 is 2.38 bits per heavy atom. The minimum absolute atomic E-state index is 0.324. The van der Waals surface area contributed by atoms with E-state index >= 15 is 0 Å². The molecule has 0 fully saturated rings. The SMILES string of the molecule is [2H]c1nc2c(n1COCC[Si](C)(C)C)CNC2. The minimum Gasteiger partial charge on any atom is -0.361 e. The molecule has 1 aromatic heterocycles. The molecule has 4 nitrogen and oxygen atoms in total. The molecule has 0 aromatic carbocycles. The Labute approximate surface area is 99.4 Å². The molecule has 0 unspecified atom stereocenters. The highest BCUT2D eigenvalue weighted by Crippen LogP contribution is 2.14. The molecule has 0 atom stereocenters. The average molecular weight is 240 g/mol. The largest absolute Gasteiger partial charge is 0.361 e. The van der Waals surface area contributed by atoms with Crippen LogP contribution in [0.2, 0.25) is 25.7 Å². The summed E-state index contributed by atoms with van der Waals surface area (Å²) in [5, 5.41) is 3.23. The van der Waals surface area contributed by atoms with E-state index in [1.54, 1.807) is 0 Å². The third-order valence-electron chi connectivity index (χ3n) is 2.77. The molecule has 0 saturated carbocycles. The standard InChI is InChI=1S/C11H21N3OSi/c1-16(2,3)5-4-15-9-14-8-13-10-6-12-7-11(10)14/h8,12H,4-7,9H2,1-3H3/i8D. The lowest BCUT2D eigenvalue weighted by atomic mass is 10.4. The lowest BCUT2D eigenvalue weighted by Gasteiger charge is -2.15. The van der Waals surface area contributed by atoms with E-state index in [4.69, 9.17) is 6.11 Å². The van der Waals surface area contributed by atoms with Crippen molar-refractivity contribution in [3.63, 3.8) is 0 Å². The van der Waals surface area contributed by atoms with Gasteiger partial charge in [0.15, 0.2) is 0 Å². The van der Waals surface area contributed by atoms with Crippen molar-refractivity contribution < 1.29 is 6.11 Å². The second-order valence-corrected chi connectivity index (χ2v) is 11.1. The van der Waals surface area contributed by atoms with E-state index in [0.717, 1.165) is 37.1 Å². The van der Waals surface area contributed by atoms with Gasteiger partial charge in [-0.3, -0.25) is 0 Å². The van der Waals surface area contributed by atoms with Crippen LogP contribution >= 0.6 is 0 Å². The number of fused-ring (bicyclic) bond motifs is 1. The number of ether oxygens (including phenoxy) is 1. The Morgan fingerprint density at radius 3 is 3.12 bits per heavy atom. The van der Waals surface area contributed by atoms with Gasteiger partial charge >= 0.3 is 0 Å². The molecule has 1 aromatic rings. The molecule has 0 aliphatic carbocycles. The fourth-order valence-electron chi connectivity index (χ4n) is 1.68. The van der Waals surface area contributed by atoms with E-state index in [9.17, 15) is 0 Å². The van der Waals surface area contributed by atoms with Gasteiger partial charge < -0.3 is 14.6 Å². The lowest BCUT2D eigenvalue weighted by molar-refractivity contribution is 0.0853. The van der Waals surface area contributed by atoms with Gasteiger partial charge in [0.2, 0.25) is 0 Å². The Morgan fingerprint density at radius 1 is 1.56 bits per heavy atom. The molecule has 1 aliphatic heterocycles. The highest BCUT2D eigenvalue weighted by molar-refractivity contribution is 6.76. The van der Waals surface area contributed by atoms with Crippen LogP contribution in [0.4, 0.5) is 0 Å².